The summed E-state index contributed by atoms with van der Waals surface area (Å²) in [5.74, 6) is 0.811. The van der Waals surface area contributed by atoms with Crippen molar-refractivity contribution in [2.75, 3.05) is 44.0 Å². The number of halogens is 1. The molecule has 1 aromatic heterocycles. The number of anilines is 2. The second kappa shape index (κ2) is 17.2. The highest BCUT2D eigenvalue weighted by Gasteiger charge is 2.45. The summed E-state index contributed by atoms with van der Waals surface area (Å²) in [6, 6.07) is 21.2. The van der Waals surface area contributed by atoms with Crippen LogP contribution in [0.15, 0.2) is 88.3 Å². The molecule has 2 aliphatic rings. The first kappa shape index (κ1) is 41.4. The van der Waals surface area contributed by atoms with E-state index in [0.717, 1.165) is 27.9 Å². The fraction of sp³-hybridized carbons (Fsp3) is 0.366. The van der Waals surface area contributed by atoms with Crippen LogP contribution in [0, 0.1) is 0 Å². The molecule has 17 heteroatoms. The number of benzene rings is 4. The third-order valence-corrected chi connectivity index (χ3v) is 12.2. The molecular weight excluding hydrogens is 790 g/mol. The maximum atomic E-state index is 13.1. The van der Waals surface area contributed by atoms with Crippen molar-refractivity contribution in [2.45, 2.75) is 66.8 Å². The number of hydrogen-bond acceptors (Lipinski definition) is 13. The number of aromatic nitrogens is 1. The second-order valence-electron chi connectivity index (χ2n) is 14.6. The number of sulfonamides is 1. The minimum absolute atomic E-state index is 0.0214. The van der Waals surface area contributed by atoms with Gasteiger partial charge in [0.2, 0.25) is 28.1 Å². The van der Waals surface area contributed by atoms with E-state index in [9.17, 15) is 33.6 Å². The van der Waals surface area contributed by atoms with Crippen molar-refractivity contribution in [1.82, 2.24) is 15.0 Å². The topological polar surface area (TPSA) is 216 Å². The van der Waals surface area contributed by atoms with Crippen molar-refractivity contribution in [3.8, 4) is 28.5 Å². The van der Waals surface area contributed by atoms with Crippen LogP contribution < -0.4 is 25.0 Å². The number of nitrogens with one attached hydrogen (secondary N) is 3. The first-order valence-corrected chi connectivity index (χ1v) is 20.7. The molecule has 3 heterocycles. The number of aliphatic hydroxyl groups is 4. The number of hydrogen-bond donors (Lipinski definition) is 7. The number of oxazole rings is 1. The summed E-state index contributed by atoms with van der Waals surface area (Å²) in [5.41, 5.74) is 4.96. The standard InChI is InChI=1S/C41H46ClN5O10S/c1-22(42)30-19-43-31-17-32(56-41-39(52)38(51)37(50)34(21-48)57-41)29-16-23(4-13-28(29)36(30)31)18-44-35(49)14-15-46-58(53,54)27-11-7-25(8-12-27)40-45-20-33(55-40)24-5-9-26(10-6-24)47(2)3/h4-13,16-17,20,22,30,34,37-39,41,43,46,48,50-52H,14-15,18-19,21H2,1-3H3,(H,44,49)/t22-,30+,34-,37+,38+,39-,41-/m1/s1. The fourth-order valence-corrected chi connectivity index (χ4v) is 8.38. The summed E-state index contributed by atoms with van der Waals surface area (Å²) in [4.78, 5) is 19.3. The quantitative estimate of drug-likeness (QED) is 0.0799. The monoisotopic (exact) mass is 835 g/mol. The molecule has 0 aliphatic carbocycles. The van der Waals surface area contributed by atoms with Gasteiger partial charge < -0.3 is 49.9 Å². The molecule has 1 saturated heterocycles. The maximum absolute atomic E-state index is 13.1. The van der Waals surface area contributed by atoms with E-state index < -0.39 is 47.3 Å². The average Bonchev–Trinajstić information content (AvgIpc) is 3.89. The van der Waals surface area contributed by atoms with Crippen molar-refractivity contribution in [2.24, 2.45) is 0 Å². The van der Waals surface area contributed by atoms with Gasteiger partial charge in [-0.15, -0.1) is 11.6 Å². The van der Waals surface area contributed by atoms with Crippen LogP contribution >= 0.6 is 11.6 Å². The molecule has 0 unspecified atom stereocenters. The Labute approximate surface area is 340 Å². The van der Waals surface area contributed by atoms with Crippen molar-refractivity contribution in [3.63, 3.8) is 0 Å². The Morgan fingerprint density at radius 2 is 1.72 bits per heavy atom. The summed E-state index contributed by atoms with van der Waals surface area (Å²) in [6.45, 7) is 1.86. The van der Waals surface area contributed by atoms with Gasteiger partial charge in [-0.05, 0) is 78.0 Å². The first-order valence-electron chi connectivity index (χ1n) is 18.8. The van der Waals surface area contributed by atoms with Crippen LogP contribution in [0.1, 0.15) is 30.4 Å². The van der Waals surface area contributed by atoms with Gasteiger partial charge in [-0.25, -0.2) is 18.1 Å². The van der Waals surface area contributed by atoms with E-state index >= 15 is 0 Å². The van der Waals surface area contributed by atoms with E-state index in [1.807, 2.05) is 68.4 Å². The van der Waals surface area contributed by atoms with E-state index in [-0.39, 0.29) is 41.6 Å². The summed E-state index contributed by atoms with van der Waals surface area (Å²) >= 11 is 6.57. The van der Waals surface area contributed by atoms with Crippen LogP contribution in [0.5, 0.6) is 5.75 Å². The zero-order chi connectivity index (χ0) is 41.3. The lowest BCUT2D eigenvalue weighted by molar-refractivity contribution is -0.277. The summed E-state index contributed by atoms with van der Waals surface area (Å²) in [6.07, 6.45) is -5.85. The molecule has 1 amide bonds. The molecule has 58 heavy (non-hydrogen) atoms. The molecule has 1 fully saturated rings. The predicted molar refractivity (Wildman–Crippen MR) is 218 cm³/mol. The van der Waals surface area contributed by atoms with Crippen molar-refractivity contribution >= 4 is 49.7 Å². The first-order chi connectivity index (χ1) is 27.7. The zero-order valence-electron chi connectivity index (χ0n) is 32.0. The smallest absolute Gasteiger partial charge is 0.240 e. The van der Waals surface area contributed by atoms with Crippen molar-refractivity contribution in [1.29, 1.82) is 0 Å². The van der Waals surface area contributed by atoms with Gasteiger partial charge in [-0.2, -0.15) is 0 Å². The highest BCUT2D eigenvalue weighted by molar-refractivity contribution is 7.89. The summed E-state index contributed by atoms with van der Waals surface area (Å²) < 4.78 is 46.3. The van der Waals surface area contributed by atoms with Crippen LogP contribution in [0.4, 0.5) is 11.4 Å². The zero-order valence-corrected chi connectivity index (χ0v) is 33.6. The van der Waals surface area contributed by atoms with Gasteiger partial charge >= 0.3 is 0 Å². The van der Waals surface area contributed by atoms with Gasteiger partial charge in [0.15, 0.2) is 5.76 Å². The van der Waals surface area contributed by atoms with Gasteiger partial charge in [0.25, 0.3) is 0 Å². The molecule has 0 radical (unpaired) electrons. The number of aliphatic hydroxyl groups excluding tert-OH is 4. The largest absolute Gasteiger partial charge is 0.461 e. The number of carbonyl (C=O) groups excluding carboxylic acids is 1. The molecule has 0 spiro atoms. The lowest BCUT2D eigenvalue weighted by atomic mass is 9.91. The Balaban J connectivity index is 0.980. The molecule has 0 bridgehead atoms. The molecular formula is C41H46ClN5O10S. The number of fused-ring (bicyclic) bond motifs is 3. The lowest BCUT2D eigenvalue weighted by Gasteiger charge is -2.39. The van der Waals surface area contributed by atoms with Crippen LogP contribution in [-0.4, -0.2) is 110 Å². The SMILES string of the molecule is C[C@@H](Cl)[C@@H]1CNc2cc(O[C@@H]3O[C@H](CO)[C@H](O)[C@H](O)[C@H]3O)c3cc(CNC(=O)CCNS(=O)(=O)c4ccc(-c5ncc(-c6ccc(N(C)C)cc6)o5)cc4)ccc3c21. The van der Waals surface area contributed by atoms with Gasteiger partial charge in [-0.3, -0.25) is 4.79 Å². The third kappa shape index (κ3) is 8.65. The van der Waals surface area contributed by atoms with E-state index in [1.165, 1.54) is 12.1 Å². The van der Waals surface area contributed by atoms with Crippen LogP contribution in [-0.2, 0) is 26.1 Å². The Morgan fingerprint density at radius 1 is 1.00 bits per heavy atom. The summed E-state index contributed by atoms with van der Waals surface area (Å²) in [7, 11) is -0.00706. The normalized spacial score (nSPS) is 22.3. The van der Waals surface area contributed by atoms with Crippen LogP contribution in [0.25, 0.3) is 33.6 Å². The molecule has 7 rings (SSSR count). The number of ether oxygens (including phenoxy) is 2. The minimum Gasteiger partial charge on any atom is -0.461 e. The Bertz CT molecular complexity index is 2360. The van der Waals surface area contributed by atoms with Gasteiger partial charge in [0, 0.05) is 85.4 Å². The van der Waals surface area contributed by atoms with Gasteiger partial charge in [0.1, 0.15) is 30.2 Å². The molecule has 308 valence electrons. The van der Waals surface area contributed by atoms with E-state index in [2.05, 4.69) is 20.3 Å². The van der Waals surface area contributed by atoms with Gasteiger partial charge in [0.05, 0.1) is 17.7 Å². The number of alkyl halides is 1. The highest BCUT2D eigenvalue weighted by Crippen LogP contribution is 2.45. The third-order valence-electron chi connectivity index (χ3n) is 10.5. The van der Waals surface area contributed by atoms with E-state index in [1.54, 1.807) is 24.4 Å². The van der Waals surface area contributed by atoms with Crippen LogP contribution in [0.3, 0.4) is 0 Å². The van der Waals surface area contributed by atoms with E-state index in [4.69, 9.17) is 25.5 Å². The fourth-order valence-electron chi connectivity index (χ4n) is 7.13. The Kier molecular flexibility index (Phi) is 12.3. The van der Waals surface area contributed by atoms with Crippen molar-refractivity contribution in [3.05, 3.63) is 90.1 Å². The number of rotatable bonds is 14. The van der Waals surface area contributed by atoms with Gasteiger partial charge in [-0.1, -0.05) is 12.1 Å². The molecule has 0 saturated carbocycles. The molecule has 4 aromatic carbocycles. The number of carbonyl (C=O) groups is 1. The molecule has 15 nitrogen and oxygen atoms in total. The summed E-state index contributed by atoms with van der Waals surface area (Å²) in [5, 5.41) is 48.4. The number of nitrogens with zero attached hydrogens (tertiary/aromatic N) is 2. The molecule has 7 atom stereocenters. The molecule has 7 N–H and O–H groups in total. The Morgan fingerprint density at radius 3 is 2.41 bits per heavy atom. The maximum Gasteiger partial charge on any atom is 0.240 e. The van der Waals surface area contributed by atoms with E-state index in [0.29, 0.717) is 40.5 Å². The minimum atomic E-state index is -3.93. The average molecular weight is 836 g/mol. The Hall–Kier alpha value is -4.78. The predicted octanol–water partition coefficient (Wildman–Crippen LogP) is 3.53. The highest BCUT2D eigenvalue weighted by atomic mass is 35.5. The lowest BCUT2D eigenvalue weighted by Crippen LogP contribution is -2.60. The molecule has 2 aliphatic heterocycles. The number of amides is 1. The van der Waals surface area contributed by atoms with Crippen molar-refractivity contribution < 1.29 is 47.5 Å². The molecule has 5 aromatic rings. The van der Waals surface area contributed by atoms with Crippen LogP contribution in [0.2, 0.25) is 0 Å². The second-order valence-corrected chi connectivity index (χ2v) is 17.1.